The van der Waals surface area contributed by atoms with E-state index < -0.39 is 33.9 Å². The van der Waals surface area contributed by atoms with Crippen molar-refractivity contribution in [2.75, 3.05) is 5.32 Å². The molecule has 0 aliphatic rings. The van der Waals surface area contributed by atoms with Crippen LogP contribution in [-0.4, -0.2) is 20.6 Å². The summed E-state index contributed by atoms with van der Waals surface area (Å²) in [5.74, 6) is -0.796. The highest BCUT2D eigenvalue weighted by molar-refractivity contribution is 6.03. The predicted octanol–water partition coefficient (Wildman–Crippen LogP) is 3.90. The van der Waals surface area contributed by atoms with Gasteiger partial charge in [0.2, 0.25) is 0 Å². The van der Waals surface area contributed by atoms with Crippen molar-refractivity contribution in [3.8, 4) is 0 Å². The van der Waals surface area contributed by atoms with Crippen LogP contribution in [0.3, 0.4) is 0 Å². The van der Waals surface area contributed by atoms with E-state index in [4.69, 9.17) is 0 Å². The number of anilines is 1. The fraction of sp³-hybridized carbons (Fsp3) is 0.375. The first-order chi connectivity index (χ1) is 11.8. The van der Waals surface area contributed by atoms with Crippen molar-refractivity contribution in [2.45, 2.75) is 32.4 Å². The van der Waals surface area contributed by atoms with Crippen molar-refractivity contribution in [3.05, 3.63) is 51.3 Å². The molecule has 1 amide bonds. The van der Waals surface area contributed by atoms with Gasteiger partial charge in [-0.25, -0.2) is 0 Å². The van der Waals surface area contributed by atoms with Gasteiger partial charge in [0.15, 0.2) is 0 Å². The minimum absolute atomic E-state index is 0.0707. The standard InChI is InChI=1S/C16H17F3N4O3/c1-15(2,3)13-8-12(22(4)21-13)14(24)20-11-6-5-9(23(25)26)7-10(11)16(17,18)19/h5-8H,1-4H3,(H,20,24). The molecule has 0 unspecified atom stereocenters. The summed E-state index contributed by atoms with van der Waals surface area (Å²) in [5.41, 5.74) is -2.25. The van der Waals surface area contributed by atoms with Crippen molar-refractivity contribution in [3.63, 3.8) is 0 Å². The summed E-state index contributed by atoms with van der Waals surface area (Å²) in [6.07, 6.45) is -4.86. The average Bonchev–Trinajstić information content (AvgIpc) is 2.88. The van der Waals surface area contributed by atoms with Crippen LogP contribution in [0.1, 0.15) is 42.5 Å². The van der Waals surface area contributed by atoms with Crippen molar-refractivity contribution >= 4 is 17.3 Å². The van der Waals surface area contributed by atoms with E-state index in [2.05, 4.69) is 10.4 Å². The minimum Gasteiger partial charge on any atom is -0.320 e. The molecule has 1 N–H and O–H groups in total. The number of nitrogens with one attached hydrogen (secondary N) is 1. The highest BCUT2D eigenvalue weighted by Crippen LogP contribution is 2.37. The lowest BCUT2D eigenvalue weighted by Gasteiger charge is -2.14. The number of non-ortho nitro benzene ring substituents is 1. The summed E-state index contributed by atoms with van der Waals surface area (Å²) < 4.78 is 40.9. The molecule has 10 heteroatoms. The minimum atomic E-state index is -4.86. The van der Waals surface area contributed by atoms with Crippen molar-refractivity contribution in [1.82, 2.24) is 9.78 Å². The second-order valence-corrected chi connectivity index (χ2v) is 6.73. The highest BCUT2D eigenvalue weighted by atomic mass is 19.4. The monoisotopic (exact) mass is 370 g/mol. The smallest absolute Gasteiger partial charge is 0.320 e. The van der Waals surface area contributed by atoms with Crippen molar-refractivity contribution in [1.29, 1.82) is 0 Å². The Hall–Kier alpha value is -2.91. The van der Waals surface area contributed by atoms with Gasteiger partial charge in [0.05, 0.1) is 21.9 Å². The van der Waals surface area contributed by atoms with Crippen LogP contribution in [0.15, 0.2) is 24.3 Å². The van der Waals surface area contributed by atoms with Gasteiger partial charge in [0.25, 0.3) is 11.6 Å². The van der Waals surface area contributed by atoms with Crippen LogP contribution < -0.4 is 5.32 Å². The number of nitro groups is 1. The molecule has 0 radical (unpaired) electrons. The fourth-order valence-electron chi connectivity index (χ4n) is 2.22. The van der Waals surface area contributed by atoms with Gasteiger partial charge in [-0.05, 0) is 12.1 Å². The maximum Gasteiger partial charge on any atom is 0.418 e. The highest BCUT2D eigenvalue weighted by Gasteiger charge is 2.36. The third-order valence-corrected chi connectivity index (χ3v) is 3.65. The van der Waals surface area contributed by atoms with Crippen LogP contribution in [0.4, 0.5) is 24.5 Å². The SMILES string of the molecule is Cn1nc(C(C)(C)C)cc1C(=O)Nc1ccc([N+](=O)[O-])cc1C(F)(F)F. The quantitative estimate of drug-likeness (QED) is 0.655. The molecule has 0 fully saturated rings. The normalized spacial score (nSPS) is 12.1. The Morgan fingerprint density at radius 2 is 1.85 bits per heavy atom. The maximum atomic E-state index is 13.2. The molecule has 0 saturated carbocycles. The van der Waals surface area contributed by atoms with Gasteiger partial charge in [0, 0.05) is 24.6 Å². The number of carbonyl (C=O) groups is 1. The predicted molar refractivity (Wildman–Crippen MR) is 88.0 cm³/mol. The number of benzene rings is 1. The number of hydrogen-bond acceptors (Lipinski definition) is 4. The van der Waals surface area contributed by atoms with E-state index in [0.29, 0.717) is 11.8 Å². The van der Waals surface area contributed by atoms with Crippen LogP contribution in [-0.2, 0) is 18.6 Å². The van der Waals surface area contributed by atoms with E-state index >= 15 is 0 Å². The lowest BCUT2D eigenvalue weighted by molar-refractivity contribution is -0.385. The summed E-state index contributed by atoms with van der Waals surface area (Å²) in [5, 5.41) is 17.1. The molecule has 7 nitrogen and oxygen atoms in total. The molecule has 1 heterocycles. The van der Waals surface area contributed by atoms with Crippen LogP contribution in [0.5, 0.6) is 0 Å². The van der Waals surface area contributed by atoms with Gasteiger partial charge in [-0.3, -0.25) is 19.6 Å². The van der Waals surface area contributed by atoms with E-state index in [1.807, 2.05) is 20.8 Å². The van der Waals surface area contributed by atoms with Crippen LogP contribution in [0.25, 0.3) is 0 Å². The number of hydrogen-bond donors (Lipinski definition) is 1. The molecule has 1 aromatic carbocycles. The van der Waals surface area contributed by atoms with E-state index in [9.17, 15) is 28.1 Å². The zero-order valence-electron chi connectivity index (χ0n) is 14.5. The molecule has 0 aliphatic carbocycles. The molecule has 0 saturated heterocycles. The molecule has 0 spiro atoms. The number of alkyl halides is 3. The molecular formula is C16H17F3N4O3. The lowest BCUT2D eigenvalue weighted by atomic mass is 9.92. The molecular weight excluding hydrogens is 353 g/mol. The number of nitro benzene ring substituents is 1. The molecule has 1 aromatic heterocycles. The number of aromatic nitrogens is 2. The molecule has 2 aromatic rings. The number of nitrogens with zero attached hydrogens (tertiary/aromatic N) is 3. The summed E-state index contributed by atoms with van der Waals surface area (Å²) in [6.45, 7) is 5.65. The first-order valence-electron chi connectivity index (χ1n) is 7.52. The number of amides is 1. The number of carbonyl (C=O) groups excluding carboxylic acids is 1. The lowest BCUT2D eigenvalue weighted by Crippen LogP contribution is -2.19. The van der Waals surface area contributed by atoms with Gasteiger partial charge in [-0.1, -0.05) is 20.8 Å². The molecule has 140 valence electrons. The second-order valence-electron chi connectivity index (χ2n) is 6.73. The second kappa shape index (κ2) is 6.43. The largest absolute Gasteiger partial charge is 0.418 e. The summed E-state index contributed by atoms with van der Waals surface area (Å²) in [7, 11) is 1.50. The zero-order valence-corrected chi connectivity index (χ0v) is 14.5. The maximum absolute atomic E-state index is 13.2. The van der Waals surface area contributed by atoms with Gasteiger partial charge >= 0.3 is 6.18 Å². The third-order valence-electron chi connectivity index (χ3n) is 3.65. The van der Waals surface area contributed by atoms with Crippen LogP contribution in [0.2, 0.25) is 0 Å². The Kier molecular flexibility index (Phi) is 4.80. The van der Waals surface area contributed by atoms with Gasteiger partial charge < -0.3 is 5.32 Å². The summed E-state index contributed by atoms with van der Waals surface area (Å²) in [4.78, 5) is 22.2. The summed E-state index contributed by atoms with van der Waals surface area (Å²) in [6, 6.07) is 3.64. The average molecular weight is 370 g/mol. The zero-order chi connectivity index (χ0) is 19.9. The van der Waals surface area contributed by atoms with Crippen molar-refractivity contribution < 1.29 is 22.9 Å². The molecule has 2 rings (SSSR count). The molecule has 26 heavy (non-hydrogen) atoms. The third kappa shape index (κ3) is 4.01. The Bertz CT molecular complexity index is 867. The first-order valence-corrected chi connectivity index (χ1v) is 7.52. The van der Waals surface area contributed by atoms with E-state index in [-0.39, 0.29) is 11.1 Å². The number of halogens is 3. The topological polar surface area (TPSA) is 90.1 Å². The van der Waals surface area contributed by atoms with Gasteiger partial charge in [0.1, 0.15) is 5.69 Å². The van der Waals surface area contributed by atoms with E-state index in [1.165, 1.54) is 17.8 Å². The first kappa shape index (κ1) is 19.4. The molecule has 0 atom stereocenters. The Labute approximate surface area is 147 Å². The van der Waals surface area contributed by atoms with Crippen LogP contribution >= 0.6 is 0 Å². The number of aryl methyl sites for hydroxylation is 1. The van der Waals surface area contributed by atoms with E-state index in [1.54, 1.807) is 0 Å². The Morgan fingerprint density at radius 1 is 1.23 bits per heavy atom. The molecule has 0 aliphatic heterocycles. The van der Waals surface area contributed by atoms with Crippen LogP contribution in [0, 0.1) is 10.1 Å². The van der Waals surface area contributed by atoms with E-state index in [0.717, 1.165) is 12.1 Å². The Balaban J connectivity index is 2.41. The number of rotatable bonds is 3. The van der Waals surface area contributed by atoms with Gasteiger partial charge in [-0.2, -0.15) is 18.3 Å². The summed E-state index contributed by atoms with van der Waals surface area (Å²) >= 11 is 0. The molecule has 0 bridgehead atoms. The van der Waals surface area contributed by atoms with Gasteiger partial charge in [-0.15, -0.1) is 0 Å². The fourth-order valence-corrected chi connectivity index (χ4v) is 2.22. The Morgan fingerprint density at radius 3 is 2.31 bits per heavy atom. The van der Waals surface area contributed by atoms with Crippen molar-refractivity contribution in [2.24, 2.45) is 7.05 Å².